The second kappa shape index (κ2) is 12.5. The maximum atomic E-state index is 4.72. The first-order chi connectivity index (χ1) is 7.81. The lowest BCUT2D eigenvalue weighted by molar-refractivity contribution is 0.212. The molecule has 0 bridgehead atoms. The van der Waals surface area contributed by atoms with Gasteiger partial charge in [-0.05, 0) is 19.8 Å². The molecule has 2 heteroatoms. The Labute approximate surface area is 101 Å². The van der Waals surface area contributed by atoms with E-state index in [4.69, 9.17) is 4.84 Å². The summed E-state index contributed by atoms with van der Waals surface area (Å²) in [6.07, 6.45) is 13.5. The third-order valence-corrected chi connectivity index (χ3v) is 2.89. The predicted octanol–water partition coefficient (Wildman–Crippen LogP) is 4.93. The van der Waals surface area contributed by atoms with E-state index in [1.165, 1.54) is 57.8 Å². The number of unbranched alkanes of at least 4 members (excludes halogenated alkanes) is 8. The molecule has 0 saturated heterocycles. The molecule has 0 fully saturated rings. The van der Waals surface area contributed by atoms with Gasteiger partial charge in [-0.15, -0.1) is 0 Å². The number of oxime groups is 1. The van der Waals surface area contributed by atoms with Gasteiger partial charge in [0.05, 0.1) is 5.71 Å². The minimum Gasteiger partial charge on any atom is -0.399 e. The van der Waals surface area contributed by atoms with Crippen LogP contribution in [0.4, 0.5) is 0 Å². The molecule has 0 atom stereocenters. The van der Waals surface area contributed by atoms with E-state index in [9.17, 15) is 0 Å². The van der Waals surface area contributed by atoms with Gasteiger partial charge in [0.2, 0.25) is 0 Å². The van der Waals surface area contributed by atoms with Gasteiger partial charge >= 0.3 is 0 Å². The van der Waals surface area contributed by atoms with Gasteiger partial charge in [-0.2, -0.15) is 0 Å². The molecular formula is C14H29NO. The fourth-order valence-corrected chi connectivity index (χ4v) is 1.89. The van der Waals surface area contributed by atoms with Gasteiger partial charge in [0.25, 0.3) is 0 Å². The monoisotopic (exact) mass is 227 g/mol. The van der Waals surface area contributed by atoms with Gasteiger partial charge in [-0.3, -0.25) is 0 Å². The highest BCUT2D eigenvalue weighted by atomic mass is 16.6. The van der Waals surface area contributed by atoms with Crippen molar-refractivity contribution >= 4 is 5.71 Å². The smallest absolute Gasteiger partial charge is 0.106 e. The van der Waals surface area contributed by atoms with Crippen LogP contribution in [-0.2, 0) is 4.84 Å². The van der Waals surface area contributed by atoms with E-state index in [0.717, 1.165) is 12.1 Å². The average molecular weight is 227 g/mol. The van der Waals surface area contributed by atoms with Crippen LogP contribution in [-0.4, -0.2) is 12.8 Å². The van der Waals surface area contributed by atoms with E-state index in [1.54, 1.807) is 7.11 Å². The number of hydrogen-bond donors (Lipinski definition) is 0. The molecule has 0 spiro atoms. The van der Waals surface area contributed by atoms with Crippen molar-refractivity contribution in [2.45, 2.75) is 78.1 Å². The second-order valence-electron chi connectivity index (χ2n) is 4.59. The molecule has 0 aromatic rings. The van der Waals surface area contributed by atoms with E-state index in [0.29, 0.717) is 0 Å². The Morgan fingerprint density at radius 1 is 0.875 bits per heavy atom. The Kier molecular flexibility index (Phi) is 12.1. The molecule has 0 saturated carbocycles. The standard InChI is InChI=1S/C14H29NO/c1-4-5-6-7-8-9-10-11-12-13-14(2)15-16-3/h4-13H2,1-3H3/b15-14+. The van der Waals surface area contributed by atoms with Crippen LogP contribution >= 0.6 is 0 Å². The van der Waals surface area contributed by atoms with Crippen molar-refractivity contribution in [2.75, 3.05) is 7.11 Å². The fourth-order valence-electron chi connectivity index (χ4n) is 1.89. The summed E-state index contributed by atoms with van der Waals surface area (Å²) in [5.74, 6) is 0. The van der Waals surface area contributed by atoms with Gasteiger partial charge in [-0.1, -0.05) is 63.4 Å². The van der Waals surface area contributed by atoms with Crippen molar-refractivity contribution in [3.8, 4) is 0 Å². The second-order valence-corrected chi connectivity index (χ2v) is 4.59. The SMILES string of the molecule is CCCCCCCCCCC/C(C)=N/OC. The Balaban J connectivity index is 3.07. The largest absolute Gasteiger partial charge is 0.399 e. The summed E-state index contributed by atoms with van der Waals surface area (Å²) >= 11 is 0. The summed E-state index contributed by atoms with van der Waals surface area (Å²) in [5, 5.41) is 3.91. The Morgan fingerprint density at radius 2 is 1.38 bits per heavy atom. The summed E-state index contributed by atoms with van der Waals surface area (Å²) in [7, 11) is 1.61. The average Bonchev–Trinajstić information content (AvgIpc) is 2.27. The molecule has 0 aromatic carbocycles. The third-order valence-electron chi connectivity index (χ3n) is 2.89. The predicted molar refractivity (Wildman–Crippen MR) is 72.0 cm³/mol. The lowest BCUT2D eigenvalue weighted by atomic mass is 10.1. The summed E-state index contributed by atoms with van der Waals surface area (Å²) in [6, 6.07) is 0. The number of hydrogen-bond acceptors (Lipinski definition) is 2. The van der Waals surface area contributed by atoms with Crippen molar-refractivity contribution < 1.29 is 4.84 Å². The Morgan fingerprint density at radius 3 is 1.88 bits per heavy atom. The van der Waals surface area contributed by atoms with Gasteiger partial charge in [-0.25, -0.2) is 0 Å². The third kappa shape index (κ3) is 11.5. The normalized spacial score (nSPS) is 11.8. The van der Waals surface area contributed by atoms with E-state index in [1.807, 2.05) is 6.92 Å². The molecule has 0 unspecified atom stereocenters. The minimum atomic E-state index is 1.09. The maximum Gasteiger partial charge on any atom is 0.106 e. The first-order valence-corrected chi connectivity index (χ1v) is 6.88. The molecule has 0 N–H and O–H groups in total. The first-order valence-electron chi connectivity index (χ1n) is 6.88. The lowest BCUT2D eigenvalue weighted by Crippen LogP contribution is -1.92. The van der Waals surface area contributed by atoms with Crippen molar-refractivity contribution in [1.82, 2.24) is 0 Å². The van der Waals surface area contributed by atoms with Crippen LogP contribution in [0.3, 0.4) is 0 Å². The van der Waals surface area contributed by atoms with Gasteiger partial charge in [0.15, 0.2) is 0 Å². The Hall–Kier alpha value is -0.530. The zero-order valence-electron chi connectivity index (χ0n) is 11.4. The van der Waals surface area contributed by atoms with Gasteiger partial charge in [0, 0.05) is 0 Å². The van der Waals surface area contributed by atoms with Crippen LogP contribution in [0.25, 0.3) is 0 Å². The molecular weight excluding hydrogens is 198 g/mol. The van der Waals surface area contributed by atoms with Crippen molar-refractivity contribution in [2.24, 2.45) is 5.16 Å². The fraction of sp³-hybridized carbons (Fsp3) is 0.929. The van der Waals surface area contributed by atoms with E-state index < -0.39 is 0 Å². The van der Waals surface area contributed by atoms with Crippen LogP contribution in [0.15, 0.2) is 5.16 Å². The summed E-state index contributed by atoms with van der Waals surface area (Å²) in [5.41, 5.74) is 1.12. The zero-order valence-corrected chi connectivity index (χ0v) is 11.4. The van der Waals surface area contributed by atoms with Crippen molar-refractivity contribution in [1.29, 1.82) is 0 Å². The Bertz CT molecular complexity index is 166. The molecule has 0 aromatic heterocycles. The van der Waals surface area contributed by atoms with Crippen LogP contribution in [0, 0.1) is 0 Å². The molecule has 0 rings (SSSR count). The topological polar surface area (TPSA) is 21.6 Å². The van der Waals surface area contributed by atoms with Gasteiger partial charge < -0.3 is 4.84 Å². The zero-order chi connectivity index (χ0) is 12.1. The highest BCUT2D eigenvalue weighted by Crippen LogP contribution is 2.10. The summed E-state index contributed by atoms with van der Waals surface area (Å²) < 4.78 is 0. The van der Waals surface area contributed by atoms with Crippen LogP contribution in [0.1, 0.15) is 78.1 Å². The maximum absolute atomic E-state index is 4.72. The molecule has 0 aliphatic heterocycles. The highest BCUT2D eigenvalue weighted by molar-refractivity contribution is 5.81. The molecule has 0 radical (unpaired) electrons. The van der Waals surface area contributed by atoms with E-state index >= 15 is 0 Å². The highest BCUT2D eigenvalue weighted by Gasteiger charge is 1.94. The molecule has 2 nitrogen and oxygen atoms in total. The molecule has 0 aliphatic rings. The van der Waals surface area contributed by atoms with Gasteiger partial charge in [0.1, 0.15) is 7.11 Å². The van der Waals surface area contributed by atoms with E-state index in [-0.39, 0.29) is 0 Å². The summed E-state index contributed by atoms with van der Waals surface area (Å²) in [6.45, 7) is 4.30. The molecule has 96 valence electrons. The molecule has 0 heterocycles. The lowest BCUT2D eigenvalue weighted by Gasteiger charge is -2.02. The number of rotatable bonds is 11. The minimum absolute atomic E-state index is 1.09. The molecule has 0 amide bonds. The molecule has 16 heavy (non-hydrogen) atoms. The molecule has 0 aliphatic carbocycles. The van der Waals surface area contributed by atoms with Crippen LogP contribution in [0.5, 0.6) is 0 Å². The quantitative estimate of drug-likeness (QED) is 0.278. The van der Waals surface area contributed by atoms with Crippen LogP contribution < -0.4 is 0 Å². The van der Waals surface area contributed by atoms with Crippen LogP contribution in [0.2, 0.25) is 0 Å². The van der Waals surface area contributed by atoms with Crippen molar-refractivity contribution in [3.05, 3.63) is 0 Å². The summed E-state index contributed by atoms with van der Waals surface area (Å²) in [4.78, 5) is 4.72. The van der Waals surface area contributed by atoms with Crippen molar-refractivity contribution in [3.63, 3.8) is 0 Å². The number of nitrogens with zero attached hydrogens (tertiary/aromatic N) is 1. The van der Waals surface area contributed by atoms with E-state index in [2.05, 4.69) is 12.1 Å². The first kappa shape index (κ1) is 15.5.